The van der Waals surface area contributed by atoms with Crippen molar-refractivity contribution in [2.45, 2.75) is 58.8 Å². The van der Waals surface area contributed by atoms with Gasteiger partial charge in [-0.15, -0.1) is 0 Å². The first-order valence-corrected chi connectivity index (χ1v) is 8.24. The zero-order valence-electron chi connectivity index (χ0n) is 13.7. The summed E-state index contributed by atoms with van der Waals surface area (Å²) in [4.78, 5) is 0. The van der Waals surface area contributed by atoms with Crippen LogP contribution in [0.5, 0.6) is 0 Å². The maximum atomic E-state index is 3.21. The molecule has 1 fully saturated rings. The van der Waals surface area contributed by atoms with Gasteiger partial charge in [0.05, 0.1) is 0 Å². The molecule has 20 heavy (non-hydrogen) atoms. The quantitative estimate of drug-likeness (QED) is 0.833. The van der Waals surface area contributed by atoms with Crippen LogP contribution in [-0.4, -0.2) is 13.6 Å². The fourth-order valence-corrected chi connectivity index (χ4v) is 3.52. The van der Waals surface area contributed by atoms with Crippen molar-refractivity contribution in [1.29, 1.82) is 0 Å². The molecular weight excluding hydrogens is 242 g/mol. The normalized spacial score (nSPS) is 23.8. The van der Waals surface area contributed by atoms with Crippen molar-refractivity contribution in [3.63, 3.8) is 0 Å². The summed E-state index contributed by atoms with van der Waals surface area (Å²) in [5, 5.41) is 3.21. The molecule has 0 spiro atoms. The number of benzene rings is 1. The first-order chi connectivity index (χ1) is 9.50. The smallest absolute Gasteiger partial charge is 0.00114 e. The second-order valence-electron chi connectivity index (χ2n) is 7.51. The van der Waals surface area contributed by atoms with Crippen LogP contribution in [0.1, 0.15) is 63.5 Å². The van der Waals surface area contributed by atoms with E-state index in [2.05, 4.69) is 50.4 Å². The van der Waals surface area contributed by atoms with E-state index >= 15 is 0 Å². The number of nitrogens with one attached hydrogen (secondary N) is 1. The maximum Gasteiger partial charge on any atom is -0.00114 e. The molecule has 2 rings (SSSR count). The molecule has 0 amide bonds. The first kappa shape index (κ1) is 15.6. The third-order valence-electron chi connectivity index (χ3n) is 5.07. The van der Waals surface area contributed by atoms with Crippen LogP contribution in [0.25, 0.3) is 0 Å². The third kappa shape index (κ3) is 4.09. The van der Waals surface area contributed by atoms with E-state index in [9.17, 15) is 0 Å². The van der Waals surface area contributed by atoms with E-state index in [1.54, 1.807) is 5.56 Å². The number of likely N-dealkylation sites (N-methyl/N-ethyl adjacent to an activating group) is 1. The molecule has 1 aromatic carbocycles. The lowest BCUT2D eigenvalue weighted by molar-refractivity contribution is 0.169. The van der Waals surface area contributed by atoms with Crippen LogP contribution in [0.4, 0.5) is 0 Å². The van der Waals surface area contributed by atoms with E-state index in [1.807, 2.05) is 7.05 Å². The van der Waals surface area contributed by atoms with Gasteiger partial charge < -0.3 is 5.32 Å². The van der Waals surface area contributed by atoms with Crippen LogP contribution in [0, 0.1) is 11.3 Å². The molecule has 1 aliphatic carbocycles. The SMILES string of the molecule is CNCCc1ccc(C2CCC(C(C)(C)C)CC2)cc1. The van der Waals surface area contributed by atoms with Crippen LogP contribution in [0.2, 0.25) is 0 Å². The summed E-state index contributed by atoms with van der Waals surface area (Å²) < 4.78 is 0. The van der Waals surface area contributed by atoms with Crippen LogP contribution >= 0.6 is 0 Å². The molecule has 0 radical (unpaired) electrons. The molecule has 0 atom stereocenters. The molecule has 112 valence electrons. The Bertz CT molecular complexity index is 391. The van der Waals surface area contributed by atoms with E-state index in [1.165, 1.54) is 31.2 Å². The van der Waals surface area contributed by atoms with Crippen LogP contribution in [0.3, 0.4) is 0 Å². The lowest BCUT2D eigenvalue weighted by Crippen LogP contribution is -2.25. The molecule has 1 nitrogen and oxygen atoms in total. The molecule has 0 unspecified atom stereocenters. The summed E-state index contributed by atoms with van der Waals surface area (Å²) in [7, 11) is 2.02. The number of rotatable bonds is 4. The van der Waals surface area contributed by atoms with E-state index in [0.717, 1.165) is 24.8 Å². The Labute approximate surface area is 125 Å². The van der Waals surface area contributed by atoms with Gasteiger partial charge in [-0.25, -0.2) is 0 Å². The molecule has 0 aromatic heterocycles. The minimum Gasteiger partial charge on any atom is -0.319 e. The minimum absolute atomic E-state index is 0.488. The lowest BCUT2D eigenvalue weighted by atomic mass is 9.68. The van der Waals surface area contributed by atoms with E-state index in [0.29, 0.717) is 5.41 Å². The molecule has 1 heteroatoms. The van der Waals surface area contributed by atoms with Gasteiger partial charge in [0.1, 0.15) is 0 Å². The third-order valence-corrected chi connectivity index (χ3v) is 5.07. The monoisotopic (exact) mass is 273 g/mol. The van der Waals surface area contributed by atoms with Gasteiger partial charge in [-0.2, -0.15) is 0 Å². The van der Waals surface area contributed by atoms with Crippen molar-refractivity contribution in [3.8, 4) is 0 Å². The molecule has 1 aliphatic rings. The molecule has 1 saturated carbocycles. The Kier molecular flexibility index (Phi) is 5.26. The topological polar surface area (TPSA) is 12.0 Å². The van der Waals surface area contributed by atoms with Crippen molar-refractivity contribution in [2.24, 2.45) is 11.3 Å². The highest BCUT2D eigenvalue weighted by molar-refractivity contribution is 5.26. The number of hydrogen-bond donors (Lipinski definition) is 1. The molecule has 0 saturated heterocycles. The predicted octanol–water partition coefficient (Wildman–Crippen LogP) is 4.77. The molecule has 0 bridgehead atoms. The fraction of sp³-hybridized carbons (Fsp3) is 0.684. The molecular formula is C19H31N. The van der Waals surface area contributed by atoms with E-state index in [-0.39, 0.29) is 0 Å². The highest BCUT2D eigenvalue weighted by atomic mass is 14.8. The molecule has 0 heterocycles. The van der Waals surface area contributed by atoms with Gasteiger partial charge in [-0.05, 0) is 74.1 Å². The van der Waals surface area contributed by atoms with Crippen molar-refractivity contribution >= 4 is 0 Å². The predicted molar refractivity (Wildman–Crippen MR) is 88.2 cm³/mol. The Morgan fingerprint density at radius 2 is 1.60 bits per heavy atom. The Balaban J connectivity index is 1.90. The summed E-state index contributed by atoms with van der Waals surface area (Å²) in [6, 6.07) is 9.38. The average Bonchev–Trinajstić information content (AvgIpc) is 2.45. The average molecular weight is 273 g/mol. The van der Waals surface area contributed by atoms with Crippen LogP contribution < -0.4 is 5.32 Å². The van der Waals surface area contributed by atoms with Gasteiger partial charge in [-0.3, -0.25) is 0 Å². The zero-order valence-corrected chi connectivity index (χ0v) is 13.7. The van der Waals surface area contributed by atoms with Gasteiger partial charge in [-0.1, -0.05) is 45.0 Å². The van der Waals surface area contributed by atoms with Gasteiger partial charge in [0.25, 0.3) is 0 Å². The van der Waals surface area contributed by atoms with Crippen LogP contribution in [-0.2, 0) is 6.42 Å². The van der Waals surface area contributed by atoms with Crippen LogP contribution in [0.15, 0.2) is 24.3 Å². The minimum atomic E-state index is 0.488. The van der Waals surface area contributed by atoms with Gasteiger partial charge >= 0.3 is 0 Å². The van der Waals surface area contributed by atoms with Gasteiger partial charge in [0, 0.05) is 0 Å². The Morgan fingerprint density at radius 3 is 2.10 bits per heavy atom. The Hall–Kier alpha value is -0.820. The molecule has 0 aliphatic heterocycles. The summed E-state index contributed by atoms with van der Waals surface area (Å²) in [5.41, 5.74) is 3.50. The highest BCUT2D eigenvalue weighted by Gasteiger charge is 2.30. The van der Waals surface area contributed by atoms with Crippen molar-refractivity contribution in [3.05, 3.63) is 35.4 Å². The summed E-state index contributed by atoms with van der Waals surface area (Å²) >= 11 is 0. The van der Waals surface area contributed by atoms with Crippen molar-refractivity contribution in [2.75, 3.05) is 13.6 Å². The maximum absolute atomic E-state index is 3.21. The van der Waals surface area contributed by atoms with E-state index in [4.69, 9.17) is 0 Å². The fourth-order valence-electron chi connectivity index (χ4n) is 3.52. The summed E-state index contributed by atoms with van der Waals surface area (Å²) in [6.45, 7) is 8.26. The molecule has 1 aromatic rings. The van der Waals surface area contributed by atoms with E-state index < -0.39 is 0 Å². The lowest BCUT2D eigenvalue weighted by Gasteiger charge is -2.37. The highest BCUT2D eigenvalue weighted by Crippen LogP contribution is 2.43. The Morgan fingerprint density at radius 1 is 1.00 bits per heavy atom. The summed E-state index contributed by atoms with van der Waals surface area (Å²) in [6.07, 6.45) is 6.68. The second-order valence-corrected chi connectivity index (χ2v) is 7.51. The summed E-state index contributed by atoms with van der Waals surface area (Å²) in [5.74, 6) is 1.71. The largest absolute Gasteiger partial charge is 0.319 e. The molecule has 1 N–H and O–H groups in total. The zero-order chi connectivity index (χ0) is 14.6. The van der Waals surface area contributed by atoms with Gasteiger partial charge in [0.2, 0.25) is 0 Å². The van der Waals surface area contributed by atoms with Gasteiger partial charge in [0.15, 0.2) is 0 Å². The first-order valence-electron chi connectivity index (χ1n) is 8.24. The number of hydrogen-bond acceptors (Lipinski definition) is 1. The van der Waals surface area contributed by atoms with Crippen molar-refractivity contribution < 1.29 is 0 Å². The second kappa shape index (κ2) is 6.76. The standard InChI is InChI=1S/C19H31N/c1-19(2,3)18-11-9-17(10-12-18)16-7-5-15(6-8-16)13-14-20-4/h5-8,17-18,20H,9-14H2,1-4H3. The van der Waals surface area contributed by atoms with Crippen molar-refractivity contribution in [1.82, 2.24) is 5.32 Å².